The summed E-state index contributed by atoms with van der Waals surface area (Å²) >= 11 is 1.61. The maximum Gasteiger partial charge on any atom is 0.314 e. The largest absolute Gasteiger partial charge is 0.481 e. The van der Waals surface area contributed by atoms with Crippen LogP contribution in [0, 0.1) is 5.92 Å². The number of rotatable bonds is 8. The standard InChI is InChI=1S/C16H22O4S/c1-11(5-4-6-14(17)18)16(2,15(19)20)12-7-9-13(21-3)10-8-12/h7-11H,4-6H2,1-3H3,(H,17,18)(H,19,20). The maximum absolute atomic E-state index is 11.8. The van der Waals surface area contributed by atoms with E-state index in [0.717, 1.165) is 10.5 Å². The Morgan fingerprint density at radius 2 is 1.81 bits per heavy atom. The van der Waals surface area contributed by atoms with E-state index in [4.69, 9.17) is 5.11 Å². The molecule has 4 nitrogen and oxygen atoms in total. The minimum atomic E-state index is -1.00. The van der Waals surface area contributed by atoms with Crippen molar-refractivity contribution in [1.29, 1.82) is 0 Å². The summed E-state index contributed by atoms with van der Waals surface area (Å²) in [5, 5.41) is 18.4. The summed E-state index contributed by atoms with van der Waals surface area (Å²) in [4.78, 5) is 23.5. The Bertz CT molecular complexity index is 498. The van der Waals surface area contributed by atoms with E-state index in [-0.39, 0.29) is 12.3 Å². The number of carbonyl (C=O) groups is 2. The van der Waals surface area contributed by atoms with Gasteiger partial charge in [0.15, 0.2) is 0 Å². The van der Waals surface area contributed by atoms with Crippen LogP contribution in [0.25, 0.3) is 0 Å². The van der Waals surface area contributed by atoms with Gasteiger partial charge in [-0.25, -0.2) is 0 Å². The highest BCUT2D eigenvalue weighted by Crippen LogP contribution is 2.36. The highest BCUT2D eigenvalue weighted by molar-refractivity contribution is 7.98. The molecule has 1 aromatic carbocycles. The summed E-state index contributed by atoms with van der Waals surface area (Å²) in [5.74, 6) is -1.86. The first kappa shape index (κ1) is 17.6. The van der Waals surface area contributed by atoms with Crippen LogP contribution in [0.3, 0.4) is 0 Å². The van der Waals surface area contributed by atoms with Crippen LogP contribution in [0.5, 0.6) is 0 Å². The lowest BCUT2D eigenvalue weighted by Crippen LogP contribution is -2.39. The fourth-order valence-corrected chi connectivity index (χ4v) is 2.81. The zero-order valence-electron chi connectivity index (χ0n) is 12.6. The topological polar surface area (TPSA) is 74.6 Å². The van der Waals surface area contributed by atoms with Gasteiger partial charge in [0.05, 0.1) is 5.41 Å². The molecule has 116 valence electrons. The number of carboxylic acids is 2. The van der Waals surface area contributed by atoms with Gasteiger partial charge in [-0.15, -0.1) is 11.8 Å². The fraction of sp³-hybridized carbons (Fsp3) is 0.500. The van der Waals surface area contributed by atoms with Gasteiger partial charge in [-0.3, -0.25) is 9.59 Å². The van der Waals surface area contributed by atoms with Crippen LogP contribution in [0.4, 0.5) is 0 Å². The molecular weight excluding hydrogens is 288 g/mol. The molecule has 2 unspecified atom stereocenters. The van der Waals surface area contributed by atoms with Gasteiger partial charge in [-0.1, -0.05) is 19.1 Å². The lowest BCUT2D eigenvalue weighted by molar-refractivity contribution is -0.145. The molecule has 0 fully saturated rings. The van der Waals surface area contributed by atoms with E-state index in [1.165, 1.54) is 0 Å². The third-order valence-corrected chi connectivity index (χ3v) is 4.89. The van der Waals surface area contributed by atoms with E-state index in [1.54, 1.807) is 18.7 Å². The summed E-state index contributed by atoms with van der Waals surface area (Å²) in [6, 6.07) is 7.55. The molecule has 0 aliphatic carbocycles. The molecule has 0 saturated heterocycles. The highest BCUT2D eigenvalue weighted by atomic mass is 32.2. The van der Waals surface area contributed by atoms with Crippen LogP contribution in [-0.2, 0) is 15.0 Å². The Hall–Kier alpha value is -1.49. The number of thioether (sulfide) groups is 1. The van der Waals surface area contributed by atoms with E-state index < -0.39 is 17.4 Å². The minimum Gasteiger partial charge on any atom is -0.481 e. The first-order valence-electron chi connectivity index (χ1n) is 6.92. The van der Waals surface area contributed by atoms with Crippen LogP contribution in [0.1, 0.15) is 38.7 Å². The zero-order chi connectivity index (χ0) is 16.0. The van der Waals surface area contributed by atoms with Crippen molar-refractivity contribution in [2.75, 3.05) is 6.26 Å². The van der Waals surface area contributed by atoms with Crippen LogP contribution in [0.15, 0.2) is 29.2 Å². The van der Waals surface area contributed by atoms with E-state index >= 15 is 0 Å². The van der Waals surface area contributed by atoms with Crippen molar-refractivity contribution < 1.29 is 19.8 Å². The molecule has 0 aromatic heterocycles. The van der Waals surface area contributed by atoms with Crippen molar-refractivity contribution in [2.45, 2.75) is 43.4 Å². The molecule has 1 aromatic rings. The van der Waals surface area contributed by atoms with E-state index in [0.29, 0.717) is 12.8 Å². The SMILES string of the molecule is CSc1ccc(C(C)(C(=O)O)C(C)CCCC(=O)O)cc1. The molecule has 0 heterocycles. The van der Waals surface area contributed by atoms with Crippen molar-refractivity contribution >= 4 is 23.7 Å². The fourth-order valence-electron chi connectivity index (χ4n) is 2.40. The zero-order valence-corrected chi connectivity index (χ0v) is 13.4. The molecule has 2 N–H and O–H groups in total. The Morgan fingerprint density at radius 3 is 2.24 bits per heavy atom. The van der Waals surface area contributed by atoms with Crippen LogP contribution in [-0.4, -0.2) is 28.4 Å². The summed E-state index contributed by atoms with van der Waals surface area (Å²) in [7, 11) is 0. The molecule has 2 atom stereocenters. The van der Waals surface area contributed by atoms with E-state index in [9.17, 15) is 14.7 Å². The molecule has 1 rings (SSSR count). The van der Waals surface area contributed by atoms with Gasteiger partial charge in [0.1, 0.15) is 0 Å². The average molecular weight is 310 g/mol. The Kier molecular flexibility index (Phi) is 6.27. The molecular formula is C16H22O4S. The summed E-state index contributed by atoms with van der Waals surface area (Å²) in [5.41, 5.74) is -0.245. The number of benzene rings is 1. The Labute approximate surface area is 129 Å². The first-order valence-corrected chi connectivity index (χ1v) is 8.14. The van der Waals surface area contributed by atoms with Crippen molar-refractivity contribution in [3.05, 3.63) is 29.8 Å². The van der Waals surface area contributed by atoms with Gasteiger partial charge in [0.25, 0.3) is 0 Å². The second-order valence-corrected chi connectivity index (χ2v) is 6.30. The van der Waals surface area contributed by atoms with Crippen molar-refractivity contribution in [3.63, 3.8) is 0 Å². The van der Waals surface area contributed by atoms with Crippen LogP contribution >= 0.6 is 11.8 Å². The summed E-state index contributed by atoms with van der Waals surface area (Å²) in [6.07, 6.45) is 3.10. The molecule has 0 spiro atoms. The Morgan fingerprint density at radius 1 is 1.24 bits per heavy atom. The number of hydrogen-bond donors (Lipinski definition) is 2. The smallest absolute Gasteiger partial charge is 0.314 e. The number of aliphatic carboxylic acids is 2. The predicted molar refractivity (Wildman–Crippen MR) is 83.9 cm³/mol. The van der Waals surface area contributed by atoms with Gasteiger partial charge in [-0.05, 0) is 49.6 Å². The summed E-state index contributed by atoms with van der Waals surface area (Å²) in [6.45, 7) is 3.59. The first-order chi connectivity index (χ1) is 9.82. The van der Waals surface area contributed by atoms with Gasteiger partial charge in [0.2, 0.25) is 0 Å². The van der Waals surface area contributed by atoms with Gasteiger partial charge < -0.3 is 10.2 Å². The average Bonchev–Trinajstić information content (AvgIpc) is 2.45. The molecule has 5 heteroatoms. The Balaban J connectivity index is 2.95. The van der Waals surface area contributed by atoms with Gasteiger partial charge >= 0.3 is 11.9 Å². The van der Waals surface area contributed by atoms with E-state index in [1.807, 2.05) is 37.4 Å². The van der Waals surface area contributed by atoms with E-state index in [2.05, 4.69) is 0 Å². The van der Waals surface area contributed by atoms with Crippen molar-refractivity contribution in [1.82, 2.24) is 0 Å². The molecule has 0 amide bonds. The molecule has 21 heavy (non-hydrogen) atoms. The quantitative estimate of drug-likeness (QED) is 0.717. The number of hydrogen-bond acceptors (Lipinski definition) is 3. The third-order valence-electron chi connectivity index (χ3n) is 4.15. The van der Waals surface area contributed by atoms with Crippen molar-refractivity contribution in [3.8, 4) is 0 Å². The van der Waals surface area contributed by atoms with Crippen molar-refractivity contribution in [2.24, 2.45) is 5.92 Å². The second kappa shape index (κ2) is 7.50. The minimum absolute atomic E-state index is 0.0749. The second-order valence-electron chi connectivity index (χ2n) is 5.42. The predicted octanol–water partition coefficient (Wildman–Crippen LogP) is 3.64. The maximum atomic E-state index is 11.8. The molecule has 0 aliphatic heterocycles. The number of carboxylic acid groups (broad SMARTS) is 2. The van der Waals surface area contributed by atoms with Gasteiger partial charge in [0, 0.05) is 11.3 Å². The lowest BCUT2D eigenvalue weighted by Gasteiger charge is -2.32. The molecule has 0 saturated carbocycles. The lowest BCUT2D eigenvalue weighted by atomic mass is 9.71. The molecule has 0 aliphatic rings. The molecule has 0 radical (unpaired) electrons. The normalized spacial score (nSPS) is 15.2. The highest BCUT2D eigenvalue weighted by Gasteiger charge is 2.40. The van der Waals surface area contributed by atoms with Gasteiger partial charge in [-0.2, -0.15) is 0 Å². The summed E-state index contributed by atoms with van der Waals surface area (Å²) < 4.78 is 0. The third kappa shape index (κ3) is 4.24. The van der Waals surface area contributed by atoms with Crippen LogP contribution < -0.4 is 0 Å². The van der Waals surface area contributed by atoms with Crippen LogP contribution in [0.2, 0.25) is 0 Å². The monoisotopic (exact) mass is 310 g/mol. The molecule has 0 bridgehead atoms.